The Morgan fingerprint density at radius 2 is 1.80 bits per heavy atom. The normalized spacial score (nSPS) is 28.9. The van der Waals surface area contributed by atoms with Gasteiger partial charge in [-0.05, 0) is 23.8 Å². The van der Waals surface area contributed by atoms with E-state index in [9.17, 15) is 5.11 Å². The van der Waals surface area contributed by atoms with Gasteiger partial charge in [0.1, 0.15) is 0 Å². The molecule has 0 fully saturated rings. The highest BCUT2D eigenvalue weighted by molar-refractivity contribution is 6.77. The average Bonchev–Trinajstić information content (AvgIpc) is 2.00. The minimum Gasteiger partial charge on any atom is -0.393 e. The zero-order chi connectivity index (χ0) is 11.9. The molecule has 0 bridgehead atoms. The molecule has 0 unspecified atom stereocenters. The summed E-state index contributed by atoms with van der Waals surface area (Å²) >= 11 is 0. The lowest BCUT2D eigenvalue weighted by atomic mass is 9.79. The second kappa shape index (κ2) is 4.06. The Balaban J connectivity index is 2.86. The van der Waals surface area contributed by atoms with E-state index < -0.39 is 8.07 Å². The molecule has 1 aliphatic rings. The maximum Gasteiger partial charge on any atom is 0.0582 e. The SMILES string of the molecule is CC(C)(C)C1=CC[C@@H](O)[C@H]([Si](C)(C)C)C1. The fourth-order valence-electron chi connectivity index (χ4n) is 2.38. The molecule has 0 aromatic carbocycles. The molecule has 15 heavy (non-hydrogen) atoms. The van der Waals surface area contributed by atoms with E-state index in [1.54, 1.807) is 5.57 Å². The Kier molecular flexibility index (Phi) is 3.51. The summed E-state index contributed by atoms with van der Waals surface area (Å²) in [6.07, 6.45) is 4.14. The Morgan fingerprint density at radius 3 is 2.20 bits per heavy atom. The molecule has 2 atom stereocenters. The molecular weight excluding hydrogens is 200 g/mol. The second-order valence-corrected chi connectivity index (χ2v) is 12.4. The zero-order valence-corrected chi connectivity index (χ0v) is 12.1. The summed E-state index contributed by atoms with van der Waals surface area (Å²) in [5.41, 5.74) is 2.36. The summed E-state index contributed by atoms with van der Waals surface area (Å²) in [5, 5.41) is 10.1. The van der Waals surface area contributed by atoms with Gasteiger partial charge in [-0.2, -0.15) is 0 Å². The van der Waals surface area contributed by atoms with Crippen molar-refractivity contribution in [2.45, 2.75) is 64.9 Å². The molecule has 0 spiro atoms. The summed E-state index contributed by atoms with van der Waals surface area (Å²) in [6.45, 7) is 13.9. The Bertz CT molecular complexity index is 255. The monoisotopic (exact) mass is 226 g/mol. The van der Waals surface area contributed by atoms with E-state index in [0.29, 0.717) is 5.54 Å². The number of hydrogen-bond acceptors (Lipinski definition) is 1. The first-order valence-electron chi connectivity index (χ1n) is 6.00. The van der Waals surface area contributed by atoms with E-state index in [2.05, 4.69) is 46.5 Å². The fraction of sp³-hybridized carbons (Fsp3) is 0.846. The average molecular weight is 226 g/mol. The van der Waals surface area contributed by atoms with Crippen LogP contribution in [0.2, 0.25) is 25.2 Å². The van der Waals surface area contributed by atoms with E-state index in [0.717, 1.165) is 12.8 Å². The number of allylic oxidation sites excluding steroid dienone is 1. The van der Waals surface area contributed by atoms with Gasteiger partial charge < -0.3 is 5.11 Å². The van der Waals surface area contributed by atoms with Gasteiger partial charge in [-0.1, -0.05) is 52.1 Å². The van der Waals surface area contributed by atoms with Crippen LogP contribution in [0.5, 0.6) is 0 Å². The van der Waals surface area contributed by atoms with Crippen LogP contribution >= 0.6 is 0 Å². The molecule has 0 aliphatic heterocycles. The van der Waals surface area contributed by atoms with Gasteiger partial charge in [-0.15, -0.1) is 0 Å². The minimum absolute atomic E-state index is 0.0947. The van der Waals surface area contributed by atoms with Crippen LogP contribution < -0.4 is 0 Å². The number of aliphatic hydroxyl groups is 1. The molecule has 88 valence electrons. The summed E-state index contributed by atoms with van der Waals surface area (Å²) in [6, 6.07) is 0. The van der Waals surface area contributed by atoms with Crippen molar-refractivity contribution in [1.29, 1.82) is 0 Å². The van der Waals surface area contributed by atoms with Crippen molar-refractivity contribution in [3.05, 3.63) is 11.6 Å². The summed E-state index contributed by atoms with van der Waals surface area (Å²) in [4.78, 5) is 0. The molecule has 1 nitrogen and oxygen atoms in total. The van der Waals surface area contributed by atoms with Gasteiger partial charge in [0, 0.05) is 0 Å². The molecule has 0 aromatic heterocycles. The summed E-state index contributed by atoms with van der Waals surface area (Å²) in [7, 11) is -1.23. The van der Waals surface area contributed by atoms with Crippen LogP contribution in [0.25, 0.3) is 0 Å². The third-order valence-electron chi connectivity index (χ3n) is 3.59. The third-order valence-corrected chi connectivity index (χ3v) is 6.40. The molecule has 1 N–H and O–H groups in total. The van der Waals surface area contributed by atoms with E-state index in [1.165, 1.54) is 0 Å². The Morgan fingerprint density at radius 1 is 1.27 bits per heavy atom. The summed E-state index contributed by atoms with van der Waals surface area (Å²) in [5.74, 6) is 0. The molecule has 0 radical (unpaired) electrons. The van der Waals surface area contributed by atoms with E-state index >= 15 is 0 Å². The van der Waals surface area contributed by atoms with Gasteiger partial charge in [-0.25, -0.2) is 0 Å². The number of aliphatic hydroxyl groups excluding tert-OH is 1. The highest BCUT2D eigenvalue weighted by Crippen LogP contribution is 2.42. The van der Waals surface area contributed by atoms with Crippen LogP contribution in [0.15, 0.2) is 11.6 Å². The standard InChI is InChI=1S/C13H26OSi/c1-13(2,3)10-7-8-11(14)12(9-10)15(4,5)6/h7,11-12,14H,8-9H2,1-6H3/t11-,12-/m1/s1. The first-order valence-corrected chi connectivity index (χ1v) is 9.57. The van der Waals surface area contributed by atoms with Crippen LogP contribution in [0, 0.1) is 5.41 Å². The van der Waals surface area contributed by atoms with E-state index in [4.69, 9.17) is 0 Å². The Labute approximate surface area is 95.6 Å². The molecule has 2 heteroatoms. The molecule has 0 aromatic rings. The van der Waals surface area contributed by atoms with Gasteiger partial charge >= 0.3 is 0 Å². The number of rotatable bonds is 1. The molecule has 0 saturated carbocycles. The largest absolute Gasteiger partial charge is 0.393 e. The molecule has 1 rings (SSSR count). The van der Waals surface area contributed by atoms with E-state index in [-0.39, 0.29) is 11.5 Å². The van der Waals surface area contributed by atoms with Crippen LogP contribution in [-0.2, 0) is 0 Å². The second-order valence-electron chi connectivity index (χ2n) is 6.96. The predicted molar refractivity (Wildman–Crippen MR) is 69.9 cm³/mol. The van der Waals surface area contributed by atoms with Crippen molar-refractivity contribution in [2.75, 3.05) is 0 Å². The smallest absolute Gasteiger partial charge is 0.0582 e. The number of hydrogen-bond donors (Lipinski definition) is 1. The minimum atomic E-state index is -1.23. The Hall–Kier alpha value is -0.0831. The lowest BCUT2D eigenvalue weighted by Gasteiger charge is -2.39. The molecule has 0 saturated heterocycles. The van der Waals surface area contributed by atoms with Gasteiger partial charge in [0.25, 0.3) is 0 Å². The maximum atomic E-state index is 10.1. The van der Waals surface area contributed by atoms with Crippen molar-refractivity contribution in [1.82, 2.24) is 0 Å². The van der Waals surface area contributed by atoms with Crippen LogP contribution in [-0.4, -0.2) is 19.3 Å². The van der Waals surface area contributed by atoms with Gasteiger partial charge in [-0.3, -0.25) is 0 Å². The van der Waals surface area contributed by atoms with Gasteiger partial charge in [0.15, 0.2) is 0 Å². The van der Waals surface area contributed by atoms with Crippen molar-refractivity contribution in [2.24, 2.45) is 5.41 Å². The van der Waals surface area contributed by atoms with Crippen LogP contribution in [0.4, 0.5) is 0 Å². The fourth-order valence-corrected chi connectivity index (χ4v) is 4.50. The van der Waals surface area contributed by atoms with Crippen molar-refractivity contribution >= 4 is 8.07 Å². The predicted octanol–water partition coefficient (Wildman–Crippen LogP) is 3.82. The lowest BCUT2D eigenvalue weighted by molar-refractivity contribution is 0.155. The highest BCUT2D eigenvalue weighted by atomic mass is 28.3. The van der Waals surface area contributed by atoms with Crippen LogP contribution in [0.3, 0.4) is 0 Å². The molecule has 0 amide bonds. The van der Waals surface area contributed by atoms with Gasteiger partial charge in [0.2, 0.25) is 0 Å². The first kappa shape index (κ1) is 13.0. The zero-order valence-electron chi connectivity index (χ0n) is 11.1. The van der Waals surface area contributed by atoms with Crippen molar-refractivity contribution in [3.63, 3.8) is 0 Å². The van der Waals surface area contributed by atoms with Crippen molar-refractivity contribution < 1.29 is 5.11 Å². The van der Waals surface area contributed by atoms with Crippen molar-refractivity contribution in [3.8, 4) is 0 Å². The molecular formula is C13H26OSi. The summed E-state index contributed by atoms with van der Waals surface area (Å²) < 4.78 is 0. The third kappa shape index (κ3) is 3.18. The maximum absolute atomic E-state index is 10.1. The topological polar surface area (TPSA) is 20.2 Å². The highest BCUT2D eigenvalue weighted by Gasteiger charge is 2.37. The molecule has 1 aliphatic carbocycles. The lowest BCUT2D eigenvalue weighted by Crippen LogP contribution is -2.39. The molecule has 0 heterocycles. The van der Waals surface area contributed by atoms with Crippen LogP contribution in [0.1, 0.15) is 33.6 Å². The first-order chi connectivity index (χ1) is 6.62. The quantitative estimate of drug-likeness (QED) is 0.532. The van der Waals surface area contributed by atoms with Gasteiger partial charge in [0.05, 0.1) is 14.2 Å². The van der Waals surface area contributed by atoms with E-state index in [1.807, 2.05) is 0 Å².